The molecule has 0 atom stereocenters. The summed E-state index contributed by atoms with van der Waals surface area (Å²) in [7, 11) is 0.886. The molecule has 0 amide bonds. The Hall–Kier alpha value is -0.190. The zero-order valence-corrected chi connectivity index (χ0v) is 5.54. The number of ether oxygens (including phenoxy) is 1. The minimum absolute atomic E-state index is 0.886. The molecule has 0 aliphatic rings. The molecule has 2 nitrogen and oxygen atoms in total. The highest BCUT2D eigenvalue weighted by atomic mass is 79.9. The number of carbonyl (C=O) groups is 1. The van der Waals surface area contributed by atoms with E-state index in [1.54, 1.807) is 15.9 Å². The lowest BCUT2D eigenvalue weighted by molar-refractivity contribution is -0.156. The molecule has 5 heteroatoms. The number of hydrogen-bond acceptors (Lipinski definition) is 2. The third-order valence-corrected chi connectivity index (χ3v) is 0.741. The van der Waals surface area contributed by atoms with Crippen LogP contribution in [-0.4, -0.2) is 17.9 Å². The number of esters is 1. The van der Waals surface area contributed by atoms with Crippen LogP contribution < -0.4 is 0 Å². The van der Waals surface area contributed by atoms with E-state index in [1.165, 1.54) is 0 Å². The third-order valence-electron chi connectivity index (χ3n) is 0.417. The number of alkyl halides is 3. The van der Waals surface area contributed by atoms with E-state index in [0.29, 0.717) is 0 Å². The summed E-state index contributed by atoms with van der Waals surface area (Å²) in [4.78, 5) is 6.27. The van der Waals surface area contributed by atoms with E-state index in [9.17, 15) is 13.6 Å². The summed E-state index contributed by atoms with van der Waals surface area (Å²) in [5, 5.41) is 0. The van der Waals surface area contributed by atoms with Gasteiger partial charge in [0.2, 0.25) is 0 Å². The molecule has 0 bridgehead atoms. The van der Waals surface area contributed by atoms with Crippen molar-refractivity contribution in [2.75, 3.05) is 7.11 Å². The summed E-state index contributed by atoms with van der Waals surface area (Å²) in [6.07, 6.45) is 0. The Bertz CT molecular complexity index is 97.9. The Morgan fingerprint density at radius 3 is 2.12 bits per heavy atom. The van der Waals surface area contributed by atoms with Gasteiger partial charge < -0.3 is 4.74 Å². The number of hydrogen-bond donors (Lipinski definition) is 0. The standard InChI is InChI=1S/C3H3BrF2O2/c1-8-2(7)3(4,5)6/h1H3. The van der Waals surface area contributed by atoms with Crippen molar-refractivity contribution >= 4 is 21.9 Å². The normalized spacial score (nSPS) is 11.0. The van der Waals surface area contributed by atoms with Crippen LogP contribution in [0.2, 0.25) is 0 Å². The van der Waals surface area contributed by atoms with Crippen molar-refractivity contribution in [1.29, 1.82) is 0 Å². The zero-order valence-electron chi connectivity index (χ0n) is 3.95. The fraction of sp³-hybridized carbons (Fsp3) is 0.667. The third kappa shape index (κ3) is 2.20. The molecule has 0 aromatic carbocycles. The van der Waals surface area contributed by atoms with Gasteiger partial charge in [-0.2, -0.15) is 8.78 Å². The number of methoxy groups -OCH3 is 1. The van der Waals surface area contributed by atoms with E-state index in [1.807, 2.05) is 0 Å². The van der Waals surface area contributed by atoms with Crippen LogP contribution in [0.3, 0.4) is 0 Å². The molecule has 0 aliphatic heterocycles. The summed E-state index contributed by atoms with van der Waals surface area (Å²) in [5.74, 6) is -1.59. The maximum Gasteiger partial charge on any atom is 0.395 e. The minimum atomic E-state index is -3.54. The van der Waals surface area contributed by atoms with Gasteiger partial charge in [0.1, 0.15) is 0 Å². The first-order chi connectivity index (χ1) is 3.48. The van der Waals surface area contributed by atoms with Crippen LogP contribution in [0.4, 0.5) is 8.78 Å². The molecule has 0 heterocycles. The summed E-state index contributed by atoms with van der Waals surface area (Å²) in [5.41, 5.74) is 0. The summed E-state index contributed by atoms with van der Waals surface area (Å²) in [6, 6.07) is 0. The second kappa shape index (κ2) is 2.39. The SMILES string of the molecule is COC(=O)C(F)(F)Br. The number of rotatable bonds is 1. The van der Waals surface area contributed by atoms with Gasteiger partial charge in [0, 0.05) is 15.9 Å². The van der Waals surface area contributed by atoms with Crippen molar-refractivity contribution in [3.63, 3.8) is 0 Å². The lowest BCUT2D eigenvalue weighted by atomic mass is 10.7. The quantitative estimate of drug-likeness (QED) is 0.456. The molecule has 48 valence electrons. The smallest absolute Gasteiger partial charge is 0.395 e. The minimum Gasteiger partial charge on any atom is -0.464 e. The highest BCUT2D eigenvalue weighted by Crippen LogP contribution is 2.22. The molecule has 8 heavy (non-hydrogen) atoms. The molecule has 0 fully saturated rings. The van der Waals surface area contributed by atoms with E-state index in [2.05, 4.69) is 4.74 Å². The van der Waals surface area contributed by atoms with Crippen molar-refractivity contribution in [2.45, 2.75) is 4.83 Å². The van der Waals surface area contributed by atoms with E-state index >= 15 is 0 Å². The van der Waals surface area contributed by atoms with Gasteiger partial charge in [-0.3, -0.25) is 0 Å². The molecule has 0 saturated carbocycles. The Morgan fingerprint density at radius 1 is 1.75 bits per heavy atom. The van der Waals surface area contributed by atoms with Crippen LogP contribution in [0.25, 0.3) is 0 Å². The molecule has 0 aliphatic carbocycles. The molecule has 0 spiro atoms. The van der Waals surface area contributed by atoms with Crippen LogP contribution in [0.15, 0.2) is 0 Å². The number of carbonyl (C=O) groups excluding carboxylic acids is 1. The molecule has 0 aromatic heterocycles. The van der Waals surface area contributed by atoms with Crippen LogP contribution >= 0.6 is 15.9 Å². The molecule has 0 saturated heterocycles. The Labute approximate surface area is 52.9 Å². The second-order valence-electron chi connectivity index (χ2n) is 0.989. The highest BCUT2D eigenvalue weighted by Gasteiger charge is 2.35. The average molecular weight is 189 g/mol. The van der Waals surface area contributed by atoms with E-state index in [-0.39, 0.29) is 0 Å². The summed E-state index contributed by atoms with van der Waals surface area (Å²) >= 11 is 1.80. The Balaban J connectivity index is 3.82. The molecule has 0 radical (unpaired) electrons. The predicted octanol–water partition coefficient (Wildman–Crippen LogP) is 1.15. The summed E-state index contributed by atoms with van der Waals surface area (Å²) < 4.78 is 26.8. The molecule has 0 unspecified atom stereocenters. The first kappa shape index (κ1) is 7.81. The Morgan fingerprint density at radius 2 is 2.12 bits per heavy atom. The maximum atomic E-state index is 11.6. The predicted molar refractivity (Wildman–Crippen MR) is 25.9 cm³/mol. The van der Waals surface area contributed by atoms with E-state index in [4.69, 9.17) is 0 Å². The van der Waals surface area contributed by atoms with Gasteiger partial charge in [0.15, 0.2) is 0 Å². The van der Waals surface area contributed by atoms with Gasteiger partial charge in [0.05, 0.1) is 7.11 Å². The lowest BCUT2D eigenvalue weighted by Crippen LogP contribution is -2.21. The van der Waals surface area contributed by atoms with Crippen LogP contribution in [-0.2, 0) is 9.53 Å². The maximum absolute atomic E-state index is 11.6. The van der Waals surface area contributed by atoms with Crippen molar-refractivity contribution in [1.82, 2.24) is 0 Å². The van der Waals surface area contributed by atoms with Gasteiger partial charge in [-0.05, 0) is 0 Å². The Kier molecular flexibility index (Phi) is 2.33. The van der Waals surface area contributed by atoms with Crippen LogP contribution in [0.1, 0.15) is 0 Å². The van der Waals surface area contributed by atoms with Crippen molar-refractivity contribution < 1.29 is 18.3 Å². The van der Waals surface area contributed by atoms with Gasteiger partial charge in [0.25, 0.3) is 0 Å². The fourth-order valence-corrected chi connectivity index (χ4v) is 0.278. The first-order valence-corrected chi connectivity index (χ1v) is 2.43. The highest BCUT2D eigenvalue weighted by molar-refractivity contribution is 9.10. The van der Waals surface area contributed by atoms with E-state index in [0.717, 1.165) is 7.11 Å². The molecular weight excluding hydrogens is 186 g/mol. The van der Waals surface area contributed by atoms with Gasteiger partial charge >= 0.3 is 10.8 Å². The molecule has 0 aromatic rings. The molecule has 0 N–H and O–H groups in total. The largest absolute Gasteiger partial charge is 0.464 e. The number of halogens is 3. The van der Waals surface area contributed by atoms with Crippen LogP contribution in [0.5, 0.6) is 0 Å². The topological polar surface area (TPSA) is 26.3 Å². The van der Waals surface area contributed by atoms with Crippen molar-refractivity contribution in [2.24, 2.45) is 0 Å². The average Bonchev–Trinajstić information content (AvgIpc) is 1.62. The fourth-order valence-electron chi connectivity index (χ4n) is 0.116. The van der Waals surface area contributed by atoms with Gasteiger partial charge in [-0.1, -0.05) is 0 Å². The second-order valence-corrected chi connectivity index (χ2v) is 1.99. The van der Waals surface area contributed by atoms with Crippen molar-refractivity contribution in [3.8, 4) is 0 Å². The van der Waals surface area contributed by atoms with Crippen molar-refractivity contribution in [3.05, 3.63) is 0 Å². The lowest BCUT2D eigenvalue weighted by Gasteiger charge is -2.02. The van der Waals surface area contributed by atoms with Gasteiger partial charge in [-0.15, -0.1) is 0 Å². The zero-order chi connectivity index (χ0) is 6.78. The molecule has 0 rings (SSSR count). The first-order valence-electron chi connectivity index (χ1n) is 1.63. The monoisotopic (exact) mass is 188 g/mol. The molecular formula is C3H3BrF2O2. The van der Waals surface area contributed by atoms with E-state index < -0.39 is 10.8 Å². The van der Waals surface area contributed by atoms with Gasteiger partial charge in [-0.25, -0.2) is 4.79 Å². The van der Waals surface area contributed by atoms with Crippen LogP contribution in [0, 0.1) is 0 Å². The summed E-state index contributed by atoms with van der Waals surface area (Å²) in [6.45, 7) is 0.